The van der Waals surface area contributed by atoms with Gasteiger partial charge in [0, 0.05) is 12.6 Å². The highest BCUT2D eigenvalue weighted by Crippen LogP contribution is 2.29. The minimum absolute atomic E-state index is 0.437. The number of alkyl halides is 3. The molecule has 0 amide bonds. The van der Waals surface area contributed by atoms with Crippen molar-refractivity contribution in [2.75, 3.05) is 13.1 Å². The molecule has 0 bridgehead atoms. The van der Waals surface area contributed by atoms with Gasteiger partial charge in [0.1, 0.15) is 5.82 Å². The van der Waals surface area contributed by atoms with Crippen LogP contribution in [0.2, 0.25) is 0 Å². The highest BCUT2D eigenvalue weighted by molar-refractivity contribution is 5.40. The second-order valence-electron chi connectivity index (χ2n) is 4.49. The smallest absolute Gasteiger partial charge is 0.316 e. The van der Waals surface area contributed by atoms with Gasteiger partial charge in [-0.2, -0.15) is 13.2 Å². The predicted octanol–water partition coefficient (Wildman–Crippen LogP) is 1.51. The molecule has 0 radical (unpaired) electrons. The first kappa shape index (κ1) is 11.5. The molecular formula is C11H11F3N4. The summed E-state index contributed by atoms with van der Waals surface area (Å²) in [6.45, 7) is 1.77. The topological polar surface area (TPSA) is 42.2 Å². The molecule has 0 aromatic carbocycles. The van der Waals surface area contributed by atoms with Gasteiger partial charge < -0.3 is 5.32 Å². The van der Waals surface area contributed by atoms with E-state index >= 15 is 0 Å². The molecule has 1 fully saturated rings. The van der Waals surface area contributed by atoms with Gasteiger partial charge in [-0.3, -0.25) is 4.40 Å². The molecule has 3 rings (SSSR count). The van der Waals surface area contributed by atoms with Gasteiger partial charge in [-0.05, 0) is 31.1 Å². The van der Waals surface area contributed by atoms with Gasteiger partial charge in [0.05, 0.1) is 5.56 Å². The number of nitrogens with zero attached hydrogens (tertiary/aromatic N) is 3. The highest BCUT2D eigenvalue weighted by atomic mass is 19.4. The Balaban J connectivity index is 1.99. The zero-order valence-electron chi connectivity index (χ0n) is 9.41. The normalized spacial score (nSPS) is 17.1. The van der Waals surface area contributed by atoms with Crippen LogP contribution in [-0.2, 0) is 12.6 Å². The Bertz CT molecular complexity index is 571. The first-order valence-electron chi connectivity index (χ1n) is 5.65. The highest BCUT2D eigenvalue weighted by Gasteiger charge is 2.31. The lowest BCUT2D eigenvalue weighted by atomic mass is 9.99. The fourth-order valence-corrected chi connectivity index (χ4v) is 2.00. The van der Waals surface area contributed by atoms with Gasteiger partial charge >= 0.3 is 6.18 Å². The Labute approximate surface area is 101 Å². The van der Waals surface area contributed by atoms with Crippen LogP contribution in [0.3, 0.4) is 0 Å². The molecule has 3 heterocycles. The average Bonchev–Trinajstić information content (AvgIpc) is 2.64. The number of hydrogen-bond acceptors (Lipinski definition) is 3. The third-order valence-electron chi connectivity index (χ3n) is 3.14. The van der Waals surface area contributed by atoms with Gasteiger partial charge in [0.15, 0.2) is 5.65 Å². The number of fused-ring (bicyclic) bond motifs is 1. The van der Waals surface area contributed by atoms with Crippen LogP contribution < -0.4 is 5.32 Å². The fraction of sp³-hybridized carbons (Fsp3) is 0.455. The van der Waals surface area contributed by atoms with E-state index in [-0.39, 0.29) is 0 Å². The Morgan fingerprint density at radius 3 is 2.67 bits per heavy atom. The summed E-state index contributed by atoms with van der Waals surface area (Å²) in [7, 11) is 0. The lowest BCUT2D eigenvalue weighted by molar-refractivity contribution is -0.137. The van der Waals surface area contributed by atoms with E-state index in [2.05, 4.69) is 15.5 Å². The van der Waals surface area contributed by atoms with E-state index in [1.165, 1.54) is 10.5 Å². The van der Waals surface area contributed by atoms with Gasteiger partial charge in [-0.15, -0.1) is 10.2 Å². The summed E-state index contributed by atoms with van der Waals surface area (Å²) >= 11 is 0. The molecule has 1 N–H and O–H groups in total. The van der Waals surface area contributed by atoms with Crippen molar-refractivity contribution in [2.45, 2.75) is 12.6 Å². The Morgan fingerprint density at radius 2 is 2.06 bits per heavy atom. The molecule has 1 aliphatic heterocycles. The third-order valence-corrected chi connectivity index (χ3v) is 3.14. The quantitative estimate of drug-likeness (QED) is 0.885. The molecule has 96 valence electrons. The molecular weight excluding hydrogens is 245 g/mol. The van der Waals surface area contributed by atoms with Crippen molar-refractivity contribution in [3.63, 3.8) is 0 Å². The van der Waals surface area contributed by atoms with Crippen molar-refractivity contribution in [3.8, 4) is 0 Å². The monoisotopic (exact) mass is 256 g/mol. The van der Waals surface area contributed by atoms with Crippen LogP contribution in [0.4, 0.5) is 13.2 Å². The number of pyridine rings is 1. The number of nitrogens with one attached hydrogen (secondary N) is 1. The van der Waals surface area contributed by atoms with Crippen molar-refractivity contribution >= 4 is 5.65 Å². The fourth-order valence-electron chi connectivity index (χ4n) is 2.00. The van der Waals surface area contributed by atoms with Gasteiger partial charge in [-0.25, -0.2) is 0 Å². The molecule has 2 aromatic heterocycles. The summed E-state index contributed by atoms with van der Waals surface area (Å²) in [6, 6.07) is 2.37. The molecule has 4 nitrogen and oxygen atoms in total. The molecule has 0 saturated carbocycles. The lowest BCUT2D eigenvalue weighted by Crippen LogP contribution is -2.43. The molecule has 1 aliphatic rings. The number of rotatable bonds is 2. The van der Waals surface area contributed by atoms with Crippen molar-refractivity contribution in [1.29, 1.82) is 0 Å². The van der Waals surface area contributed by atoms with Crippen LogP contribution in [0.25, 0.3) is 5.65 Å². The summed E-state index contributed by atoms with van der Waals surface area (Å²) in [4.78, 5) is 0. The van der Waals surface area contributed by atoms with Gasteiger partial charge in [0.2, 0.25) is 0 Å². The van der Waals surface area contributed by atoms with E-state index < -0.39 is 11.7 Å². The van der Waals surface area contributed by atoms with E-state index in [9.17, 15) is 13.2 Å². The van der Waals surface area contributed by atoms with Crippen molar-refractivity contribution in [2.24, 2.45) is 5.92 Å². The third kappa shape index (κ3) is 1.94. The number of halogens is 3. The number of hydrogen-bond donors (Lipinski definition) is 1. The second-order valence-corrected chi connectivity index (χ2v) is 4.49. The van der Waals surface area contributed by atoms with Crippen LogP contribution in [0.15, 0.2) is 18.3 Å². The summed E-state index contributed by atoms with van der Waals surface area (Å²) in [5.41, 5.74) is -0.229. The molecule has 0 atom stereocenters. The van der Waals surface area contributed by atoms with Crippen LogP contribution >= 0.6 is 0 Å². The van der Waals surface area contributed by atoms with Gasteiger partial charge in [-0.1, -0.05) is 0 Å². The molecule has 2 aromatic rings. The van der Waals surface area contributed by atoms with Crippen molar-refractivity contribution in [3.05, 3.63) is 29.7 Å². The number of aromatic nitrogens is 3. The van der Waals surface area contributed by atoms with Crippen LogP contribution in [0.5, 0.6) is 0 Å². The molecule has 0 aliphatic carbocycles. The standard InChI is InChI=1S/C11H11F3N4/c12-11(13,14)8-1-2-9-16-17-10(18(9)6-8)3-7-4-15-5-7/h1-2,6-7,15H,3-5H2. The molecule has 0 spiro atoms. The van der Waals surface area contributed by atoms with E-state index in [1.54, 1.807) is 0 Å². The van der Waals surface area contributed by atoms with Crippen molar-refractivity contribution in [1.82, 2.24) is 19.9 Å². The predicted molar refractivity (Wildman–Crippen MR) is 58.1 cm³/mol. The minimum atomic E-state index is -4.34. The summed E-state index contributed by atoms with van der Waals surface area (Å²) in [6.07, 6.45) is -2.63. The second kappa shape index (κ2) is 3.94. The summed E-state index contributed by atoms with van der Waals surface area (Å²) < 4.78 is 39.3. The maximum absolute atomic E-state index is 12.6. The van der Waals surface area contributed by atoms with E-state index in [4.69, 9.17) is 0 Å². The maximum atomic E-state index is 12.6. The zero-order chi connectivity index (χ0) is 12.8. The molecule has 1 saturated heterocycles. The van der Waals surface area contributed by atoms with E-state index in [0.717, 1.165) is 25.4 Å². The summed E-state index contributed by atoms with van der Waals surface area (Å²) in [5, 5.41) is 11.0. The average molecular weight is 256 g/mol. The molecule has 18 heavy (non-hydrogen) atoms. The maximum Gasteiger partial charge on any atom is 0.417 e. The van der Waals surface area contributed by atoms with Crippen LogP contribution in [0.1, 0.15) is 11.4 Å². The Morgan fingerprint density at radius 1 is 1.28 bits per heavy atom. The molecule has 7 heteroatoms. The van der Waals surface area contributed by atoms with Crippen molar-refractivity contribution < 1.29 is 13.2 Å². The minimum Gasteiger partial charge on any atom is -0.316 e. The lowest BCUT2D eigenvalue weighted by Gasteiger charge is -2.26. The molecule has 0 unspecified atom stereocenters. The Hall–Kier alpha value is -1.63. The first-order chi connectivity index (χ1) is 8.54. The summed E-state index contributed by atoms with van der Waals surface area (Å²) in [5.74, 6) is 1.02. The van der Waals surface area contributed by atoms with Gasteiger partial charge in [0.25, 0.3) is 0 Å². The zero-order valence-corrected chi connectivity index (χ0v) is 9.41. The first-order valence-corrected chi connectivity index (χ1v) is 5.65. The SMILES string of the molecule is FC(F)(F)c1ccc2nnc(CC3CNC3)n2c1. The van der Waals surface area contributed by atoms with Crippen LogP contribution in [0, 0.1) is 5.92 Å². The van der Waals surface area contributed by atoms with E-state index in [0.29, 0.717) is 23.8 Å². The largest absolute Gasteiger partial charge is 0.417 e. The van der Waals surface area contributed by atoms with Crippen LogP contribution in [-0.4, -0.2) is 27.7 Å². The Kier molecular flexibility index (Phi) is 2.51. The van der Waals surface area contributed by atoms with E-state index in [1.807, 2.05) is 0 Å².